The predicted molar refractivity (Wildman–Crippen MR) is 114 cm³/mol. The van der Waals surface area contributed by atoms with Gasteiger partial charge in [-0.05, 0) is 12.3 Å². The van der Waals surface area contributed by atoms with Gasteiger partial charge < -0.3 is 45.2 Å². The number of aromatic amines is 1. The molecule has 18 nitrogen and oxygen atoms in total. The summed E-state index contributed by atoms with van der Waals surface area (Å²) in [5, 5.41) is 59.5. The Morgan fingerprint density at radius 3 is 2.35 bits per heavy atom. The van der Waals surface area contributed by atoms with E-state index in [0.717, 1.165) is 16.8 Å². The van der Waals surface area contributed by atoms with E-state index in [1.807, 2.05) is 4.98 Å². The van der Waals surface area contributed by atoms with Crippen molar-refractivity contribution in [2.24, 2.45) is 11.3 Å². The molecule has 210 valence electrons. The van der Waals surface area contributed by atoms with E-state index in [-0.39, 0.29) is 6.42 Å². The lowest BCUT2D eigenvalue weighted by Gasteiger charge is -2.39. The van der Waals surface area contributed by atoms with Crippen LogP contribution in [0.2, 0.25) is 0 Å². The quantitative estimate of drug-likeness (QED) is 0.126. The molecule has 3 aliphatic rings. The Kier molecular flexibility index (Phi) is 7.75. The number of hydrogen-bond donors (Lipinski definition) is 9. The molecular weight excluding hydrogens is 550 g/mol. The number of aliphatic hydroxyl groups excluding tert-OH is 6. The highest BCUT2D eigenvalue weighted by Crippen LogP contribution is 2.69. The highest BCUT2D eigenvalue weighted by Gasteiger charge is 2.72. The van der Waals surface area contributed by atoms with Gasteiger partial charge in [0.05, 0.1) is 25.4 Å². The first kappa shape index (κ1) is 28.7. The smallest absolute Gasteiger partial charge is 0.394 e. The summed E-state index contributed by atoms with van der Waals surface area (Å²) in [5.41, 5.74) is -2.87. The van der Waals surface area contributed by atoms with Gasteiger partial charge in [-0.25, -0.2) is 13.9 Å². The number of nitrogens with one attached hydrogen (secondary N) is 1. The second kappa shape index (κ2) is 10.0. The largest absolute Gasteiger partial charge is 0.483 e. The zero-order valence-corrected chi connectivity index (χ0v) is 20.4. The summed E-state index contributed by atoms with van der Waals surface area (Å²) < 4.78 is 44.0. The molecule has 0 radical (unpaired) electrons. The minimum absolute atomic E-state index is 0.111. The van der Waals surface area contributed by atoms with E-state index in [2.05, 4.69) is 8.83 Å². The number of aliphatic hydroxyl groups is 6. The van der Waals surface area contributed by atoms with Crippen LogP contribution >= 0.6 is 15.6 Å². The predicted octanol–water partition coefficient (Wildman–Crippen LogP) is -4.13. The lowest BCUT2D eigenvalue weighted by Crippen LogP contribution is -2.58. The normalized spacial score (nSPS) is 42.5. The average molecular weight is 576 g/mol. The Hall–Kier alpha value is -1.34. The van der Waals surface area contributed by atoms with Crippen molar-refractivity contribution in [1.82, 2.24) is 9.55 Å². The summed E-state index contributed by atoms with van der Waals surface area (Å²) in [6.45, 7) is -1.65. The van der Waals surface area contributed by atoms with Gasteiger partial charge in [0.1, 0.15) is 30.5 Å². The molecule has 37 heavy (non-hydrogen) atoms. The molecule has 3 fully saturated rings. The zero-order valence-electron chi connectivity index (χ0n) is 18.7. The van der Waals surface area contributed by atoms with E-state index in [4.69, 9.17) is 14.4 Å². The number of fused-ring (bicyclic) bond motifs is 1. The van der Waals surface area contributed by atoms with E-state index in [1.54, 1.807) is 0 Å². The Balaban J connectivity index is 1.40. The van der Waals surface area contributed by atoms with Gasteiger partial charge in [-0.3, -0.25) is 23.4 Å². The summed E-state index contributed by atoms with van der Waals surface area (Å²) in [5.74, 6) is -0.646. The maximum atomic E-state index is 12.4. The first-order valence-corrected chi connectivity index (χ1v) is 13.8. The van der Waals surface area contributed by atoms with Gasteiger partial charge in [-0.15, -0.1) is 0 Å². The van der Waals surface area contributed by atoms with Gasteiger partial charge in [-0.2, -0.15) is 4.31 Å². The molecule has 1 saturated heterocycles. The third kappa shape index (κ3) is 5.41. The molecule has 9 N–H and O–H groups in total. The van der Waals surface area contributed by atoms with Gasteiger partial charge in [0, 0.05) is 17.7 Å². The summed E-state index contributed by atoms with van der Waals surface area (Å²) in [6.07, 6.45) is -11.4. The first-order valence-electron chi connectivity index (χ1n) is 10.8. The number of ether oxygens (including phenoxy) is 1. The van der Waals surface area contributed by atoms with Crippen LogP contribution < -0.4 is 11.2 Å². The lowest BCUT2D eigenvalue weighted by atomic mass is 10.00. The van der Waals surface area contributed by atoms with Crippen LogP contribution in [0.5, 0.6) is 0 Å². The van der Waals surface area contributed by atoms with Crippen LogP contribution in [0.4, 0.5) is 0 Å². The average Bonchev–Trinajstić information content (AvgIpc) is 3.48. The fourth-order valence-corrected chi connectivity index (χ4v) is 7.07. The molecule has 4 rings (SSSR count). The van der Waals surface area contributed by atoms with Crippen molar-refractivity contribution >= 4 is 15.6 Å². The van der Waals surface area contributed by atoms with Gasteiger partial charge in [0.25, 0.3) is 5.56 Å². The van der Waals surface area contributed by atoms with Crippen LogP contribution in [0, 0.1) is 11.3 Å². The number of nitrogens with zero attached hydrogens (tertiary/aromatic N) is 1. The number of phosphoric acid groups is 2. The van der Waals surface area contributed by atoms with Crippen molar-refractivity contribution in [3.05, 3.63) is 33.1 Å². The van der Waals surface area contributed by atoms with Crippen LogP contribution in [-0.2, 0) is 27.2 Å². The SMILES string of the molecule is O=c1ccn([C@H]2[C@H](O)[C@H](O)[C@@]3(COP(=O)(O)OP(=O)(O)O[C@H]4O[C@H](CO)[C@@H](O)[C@H](O)[C@H]4O)C[C@H]23)c(=O)[nH]1. The second-order valence-electron chi connectivity index (χ2n) is 9.08. The third-order valence-corrected chi connectivity index (χ3v) is 9.39. The van der Waals surface area contributed by atoms with Crippen molar-refractivity contribution in [1.29, 1.82) is 0 Å². The Labute approximate surface area is 206 Å². The number of phosphoric ester groups is 2. The fourth-order valence-electron chi connectivity index (χ4n) is 4.85. The lowest BCUT2D eigenvalue weighted by molar-refractivity contribution is -0.280. The summed E-state index contributed by atoms with van der Waals surface area (Å²) in [7, 11) is -11.0. The summed E-state index contributed by atoms with van der Waals surface area (Å²) in [6, 6.07) is 0.0176. The molecule has 2 saturated carbocycles. The van der Waals surface area contributed by atoms with E-state index >= 15 is 0 Å². The van der Waals surface area contributed by atoms with Crippen molar-refractivity contribution in [2.75, 3.05) is 13.2 Å². The number of aromatic nitrogens is 2. The molecule has 0 bridgehead atoms. The van der Waals surface area contributed by atoms with E-state index in [1.165, 1.54) is 0 Å². The Bertz CT molecular complexity index is 1220. The molecular formula is C17H26N2O16P2. The second-order valence-corrected chi connectivity index (χ2v) is 12.1. The molecule has 0 spiro atoms. The molecule has 2 heterocycles. The highest BCUT2D eigenvalue weighted by molar-refractivity contribution is 7.61. The standard InChI is InChI=1S/C17H26N2O16P2/c20-4-7-10(22)12(24)13(25)15(33-7)34-37(30,31)35-36(28,29)32-5-17-3-6(17)9(11(23)14(17)26)19-2-1-8(21)18-16(19)27/h1-2,6-7,9-15,20,22-26H,3-5H2,(H,28,29)(H,30,31)(H,18,21,27)/t6-,7-,9-,10-,11+,12+,13-,14+,15-,17-/m1/s1. The molecule has 12 atom stereocenters. The summed E-state index contributed by atoms with van der Waals surface area (Å²) in [4.78, 5) is 45.3. The third-order valence-electron chi connectivity index (χ3n) is 6.81. The minimum atomic E-state index is -5.56. The van der Waals surface area contributed by atoms with Crippen LogP contribution in [0.3, 0.4) is 0 Å². The molecule has 1 aromatic rings. The minimum Gasteiger partial charge on any atom is -0.394 e. The number of H-pyrrole nitrogens is 1. The van der Waals surface area contributed by atoms with Gasteiger partial charge in [-0.1, -0.05) is 0 Å². The van der Waals surface area contributed by atoms with Crippen LogP contribution in [0.1, 0.15) is 12.5 Å². The fraction of sp³-hybridized carbons (Fsp3) is 0.765. The van der Waals surface area contributed by atoms with Crippen molar-refractivity contribution in [2.45, 2.75) is 55.4 Å². The molecule has 1 aliphatic heterocycles. The van der Waals surface area contributed by atoms with Gasteiger partial charge in [0.2, 0.25) is 0 Å². The topological polar surface area (TPSA) is 288 Å². The molecule has 1 aromatic heterocycles. The summed E-state index contributed by atoms with van der Waals surface area (Å²) >= 11 is 0. The number of rotatable bonds is 9. The van der Waals surface area contributed by atoms with Gasteiger partial charge >= 0.3 is 21.3 Å². The van der Waals surface area contributed by atoms with Crippen LogP contribution in [0.15, 0.2) is 21.9 Å². The first-order chi connectivity index (χ1) is 17.1. The molecule has 2 unspecified atom stereocenters. The number of hydrogen-bond acceptors (Lipinski definition) is 14. The zero-order chi connectivity index (χ0) is 27.5. The maximum absolute atomic E-state index is 12.4. The Morgan fingerprint density at radius 2 is 1.73 bits per heavy atom. The van der Waals surface area contributed by atoms with Crippen LogP contribution in [0.25, 0.3) is 0 Å². The van der Waals surface area contributed by atoms with Crippen molar-refractivity contribution < 1.29 is 67.7 Å². The van der Waals surface area contributed by atoms with Crippen LogP contribution in [-0.4, -0.2) is 106 Å². The molecule has 20 heteroatoms. The van der Waals surface area contributed by atoms with Crippen molar-refractivity contribution in [3.8, 4) is 0 Å². The monoisotopic (exact) mass is 576 g/mol. The van der Waals surface area contributed by atoms with E-state index in [9.17, 15) is 54.0 Å². The Morgan fingerprint density at radius 1 is 1.05 bits per heavy atom. The van der Waals surface area contributed by atoms with Crippen molar-refractivity contribution in [3.63, 3.8) is 0 Å². The molecule has 0 aromatic carbocycles. The highest BCUT2D eigenvalue weighted by atomic mass is 31.3. The van der Waals surface area contributed by atoms with Gasteiger partial charge in [0.15, 0.2) is 6.29 Å². The maximum Gasteiger partial charge on any atom is 0.483 e. The molecule has 2 aliphatic carbocycles. The molecule has 0 amide bonds. The van der Waals surface area contributed by atoms with E-state index < -0.39 is 100 Å². The van der Waals surface area contributed by atoms with E-state index in [0.29, 0.717) is 0 Å².